The molecule has 0 spiro atoms. The maximum absolute atomic E-state index is 12.4. The standard InChI is InChI=1S/C21H30N4O2/c1-20(2,3)27-19(26)25-21(11-7-4-8-12-21)14-24-18-15-9-5-6-10-17(15)23-13-16(18)22/h5-6,9-10,13H,4,7-8,11-12,14,22H2,1-3H3,(H,23,24)(H,25,26). The van der Waals surface area contributed by atoms with Gasteiger partial charge in [-0.1, -0.05) is 37.5 Å². The van der Waals surface area contributed by atoms with E-state index in [2.05, 4.69) is 15.6 Å². The van der Waals surface area contributed by atoms with E-state index in [1.165, 1.54) is 6.42 Å². The maximum Gasteiger partial charge on any atom is 0.408 e. The molecule has 1 aliphatic rings. The summed E-state index contributed by atoms with van der Waals surface area (Å²) in [6, 6.07) is 7.91. The highest BCUT2D eigenvalue weighted by molar-refractivity contribution is 5.96. The zero-order valence-corrected chi connectivity index (χ0v) is 16.5. The van der Waals surface area contributed by atoms with E-state index in [1.54, 1.807) is 6.20 Å². The Morgan fingerprint density at radius 1 is 1.22 bits per heavy atom. The van der Waals surface area contributed by atoms with Gasteiger partial charge in [0.15, 0.2) is 0 Å². The predicted octanol–water partition coefficient (Wildman–Crippen LogP) is 4.46. The number of carbonyl (C=O) groups excluding carboxylic acids is 1. The summed E-state index contributed by atoms with van der Waals surface area (Å²) in [6.45, 7) is 6.23. The number of alkyl carbamates (subject to hydrolysis) is 1. The maximum atomic E-state index is 12.4. The zero-order valence-electron chi connectivity index (χ0n) is 16.5. The Morgan fingerprint density at radius 3 is 2.63 bits per heavy atom. The number of pyridine rings is 1. The lowest BCUT2D eigenvalue weighted by molar-refractivity contribution is 0.0434. The van der Waals surface area contributed by atoms with Crippen molar-refractivity contribution in [3.05, 3.63) is 30.5 Å². The fourth-order valence-electron chi connectivity index (χ4n) is 3.71. The summed E-state index contributed by atoms with van der Waals surface area (Å²) in [5, 5.41) is 7.63. The fraction of sp³-hybridized carbons (Fsp3) is 0.524. The number of aromatic nitrogens is 1. The summed E-state index contributed by atoms with van der Waals surface area (Å²) in [4.78, 5) is 16.8. The number of ether oxygens (including phenoxy) is 1. The molecular formula is C21H30N4O2. The largest absolute Gasteiger partial charge is 0.444 e. The first-order valence-corrected chi connectivity index (χ1v) is 9.66. The lowest BCUT2D eigenvalue weighted by Gasteiger charge is -2.39. The number of benzene rings is 1. The van der Waals surface area contributed by atoms with Gasteiger partial charge in [0.05, 0.1) is 28.6 Å². The van der Waals surface area contributed by atoms with Crippen LogP contribution in [0.15, 0.2) is 30.5 Å². The Labute approximate surface area is 160 Å². The summed E-state index contributed by atoms with van der Waals surface area (Å²) in [7, 11) is 0. The second-order valence-corrected chi connectivity index (χ2v) is 8.43. The first kappa shape index (κ1) is 19.3. The van der Waals surface area contributed by atoms with E-state index in [1.807, 2.05) is 45.0 Å². The molecule has 2 aromatic rings. The van der Waals surface area contributed by atoms with Crippen molar-refractivity contribution >= 4 is 28.4 Å². The van der Waals surface area contributed by atoms with Crippen LogP contribution in [0.1, 0.15) is 52.9 Å². The second kappa shape index (κ2) is 7.62. The van der Waals surface area contributed by atoms with Crippen LogP contribution in [-0.2, 0) is 4.74 Å². The number of rotatable bonds is 4. The third-order valence-electron chi connectivity index (χ3n) is 4.99. The third-order valence-corrected chi connectivity index (χ3v) is 4.99. The van der Waals surface area contributed by atoms with Crippen LogP contribution in [0.2, 0.25) is 0 Å². The summed E-state index contributed by atoms with van der Waals surface area (Å²) in [5.74, 6) is 0. The molecule has 1 aromatic heterocycles. The van der Waals surface area contributed by atoms with Crippen molar-refractivity contribution in [2.75, 3.05) is 17.6 Å². The van der Waals surface area contributed by atoms with Gasteiger partial charge in [0.1, 0.15) is 5.60 Å². The molecule has 3 rings (SSSR count). The van der Waals surface area contributed by atoms with Crippen molar-refractivity contribution in [1.29, 1.82) is 0 Å². The molecule has 6 heteroatoms. The SMILES string of the molecule is CC(C)(C)OC(=O)NC1(CNc2c(N)cnc3ccccc23)CCCCC1. The number of hydrogen-bond donors (Lipinski definition) is 3. The minimum atomic E-state index is -0.515. The molecule has 1 aliphatic carbocycles. The summed E-state index contributed by atoms with van der Waals surface area (Å²) >= 11 is 0. The van der Waals surface area contributed by atoms with E-state index < -0.39 is 5.60 Å². The number of nitrogens with zero attached hydrogens (tertiary/aromatic N) is 1. The topological polar surface area (TPSA) is 89.3 Å². The number of nitrogen functional groups attached to an aromatic ring is 1. The predicted molar refractivity (Wildman–Crippen MR) is 110 cm³/mol. The monoisotopic (exact) mass is 370 g/mol. The molecule has 0 aliphatic heterocycles. The quantitative estimate of drug-likeness (QED) is 0.739. The number of carbonyl (C=O) groups is 1. The molecule has 1 saturated carbocycles. The molecule has 1 heterocycles. The number of nitrogens with one attached hydrogen (secondary N) is 2. The average Bonchev–Trinajstić information content (AvgIpc) is 2.60. The van der Waals surface area contributed by atoms with E-state index in [-0.39, 0.29) is 11.6 Å². The average molecular weight is 370 g/mol. The number of para-hydroxylation sites is 1. The molecule has 6 nitrogen and oxygen atoms in total. The first-order chi connectivity index (χ1) is 12.8. The van der Waals surface area contributed by atoms with Crippen LogP contribution in [0.25, 0.3) is 10.9 Å². The van der Waals surface area contributed by atoms with E-state index in [4.69, 9.17) is 10.5 Å². The Kier molecular flexibility index (Phi) is 5.44. The van der Waals surface area contributed by atoms with Gasteiger partial charge < -0.3 is 21.1 Å². The van der Waals surface area contributed by atoms with E-state index >= 15 is 0 Å². The molecule has 0 saturated heterocycles. The van der Waals surface area contributed by atoms with Crippen molar-refractivity contribution in [1.82, 2.24) is 10.3 Å². The van der Waals surface area contributed by atoms with Crippen LogP contribution in [-0.4, -0.2) is 28.8 Å². The Hall–Kier alpha value is -2.50. The highest BCUT2D eigenvalue weighted by Crippen LogP contribution is 2.32. The van der Waals surface area contributed by atoms with Crippen LogP contribution < -0.4 is 16.4 Å². The fourth-order valence-corrected chi connectivity index (χ4v) is 3.71. The van der Waals surface area contributed by atoms with Gasteiger partial charge in [0.25, 0.3) is 0 Å². The number of nitrogens with two attached hydrogens (primary N) is 1. The van der Waals surface area contributed by atoms with Gasteiger partial charge in [-0.25, -0.2) is 4.79 Å². The Bertz CT molecular complexity index is 807. The summed E-state index contributed by atoms with van der Waals surface area (Å²) < 4.78 is 5.50. The van der Waals surface area contributed by atoms with Gasteiger partial charge in [-0.05, 0) is 39.7 Å². The van der Waals surface area contributed by atoms with Crippen LogP contribution >= 0.6 is 0 Å². The highest BCUT2D eigenvalue weighted by Gasteiger charge is 2.35. The summed E-state index contributed by atoms with van der Waals surface area (Å²) in [5.41, 5.74) is 7.72. The lowest BCUT2D eigenvalue weighted by atomic mass is 9.81. The minimum Gasteiger partial charge on any atom is -0.444 e. The van der Waals surface area contributed by atoms with Crippen LogP contribution in [0.3, 0.4) is 0 Å². The van der Waals surface area contributed by atoms with Gasteiger partial charge in [-0.15, -0.1) is 0 Å². The highest BCUT2D eigenvalue weighted by atomic mass is 16.6. The number of hydrogen-bond acceptors (Lipinski definition) is 5. The van der Waals surface area contributed by atoms with Crippen LogP contribution in [0.4, 0.5) is 16.2 Å². The van der Waals surface area contributed by atoms with E-state index in [0.29, 0.717) is 12.2 Å². The molecule has 1 aromatic carbocycles. The molecule has 1 amide bonds. The minimum absolute atomic E-state index is 0.336. The normalized spacial score (nSPS) is 16.7. The molecular weight excluding hydrogens is 340 g/mol. The number of anilines is 2. The van der Waals surface area contributed by atoms with Gasteiger partial charge in [0, 0.05) is 11.9 Å². The molecule has 27 heavy (non-hydrogen) atoms. The van der Waals surface area contributed by atoms with Gasteiger partial charge >= 0.3 is 6.09 Å². The van der Waals surface area contributed by atoms with Gasteiger partial charge in [0.2, 0.25) is 0 Å². The first-order valence-electron chi connectivity index (χ1n) is 9.66. The number of amides is 1. The van der Waals surface area contributed by atoms with Crippen LogP contribution in [0.5, 0.6) is 0 Å². The Morgan fingerprint density at radius 2 is 1.93 bits per heavy atom. The van der Waals surface area contributed by atoms with Crippen molar-refractivity contribution in [2.45, 2.75) is 64.0 Å². The molecule has 0 unspecified atom stereocenters. The van der Waals surface area contributed by atoms with Gasteiger partial charge in [-0.3, -0.25) is 4.98 Å². The lowest BCUT2D eigenvalue weighted by Crippen LogP contribution is -2.55. The third kappa shape index (κ3) is 4.81. The Balaban J connectivity index is 1.80. The number of fused-ring (bicyclic) bond motifs is 1. The second-order valence-electron chi connectivity index (χ2n) is 8.43. The van der Waals surface area contributed by atoms with Crippen molar-refractivity contribution < 1.29 is 9.53 Å². The molecule has 0 bridgehead atoms. The molecule has 1 fully saturated rings. The van der Waals surface area contributed by atoms with Crippen molar-refractivity contribution in [2.24, 2.45) is 0 Å². The smallest absolute Gasteiger partial charge is 0.408 e. The summed E-state index contributed by atoms with van der Waals surface area (Å²) in [6.07, 6.45) is 6.52. The molecule has 146 valence electrons. The molecule has 4 N–H and O–H groups in total. The molecule has 0 radical (unpaired) electrons. The van der Waals surface area contributed by atoms with E-state index in [0.717, 1.165) is 42.3 Å². The molecule has 0 atom stereocenters. The van der Waals surface area contributed by atoms with E-state index in [9.17, 15) is 4.79 Å². The van der Waals surface area contributed by atoms with Crippen LogP contribution in [0, 0.1) is 0 Å². The van der Waals surface area contributed by atoms with Crippen molar-refractivity contribution in [3.63, 3.8) is 0 Å². The van der Waals surface area contributed by atoms with Crippen molar-refractivity contribution in [3.8, 4) is 0 Å². The zero-order chi connectivity index (χ0) is 19.5. The van der Waals surface area contributed by atoms with Gasteiger partial charge in [-0.2, -0.15) is 0 Å².